The lowest BCUT2D eigenvalue weighted by molar-refractivity contribution is -0.142. The second kappa shape index (κ2) is 9.26. The number of rotatable bonds is 8. The quantitative estimate of drug-likeness (QED) is 0.354. The highest BCUT2D eigenvalue weighted by Gasteiger charge is 1.99. The van der Waals surface area contributed by atoms with Crippen molar-refractivity contribution in [2.24, 2.45) is 0 Å². The summed E-state index contributed by atoms with van der Waals surface area (Å²) in [7, 11) is 0. The van der Waals surface area contributed by atoms with Crippen LogP contribution >= 0.6 is 0 Å². The van der Waals surface area contributed by atoms with E-state index in [9.17, 15) is 4.79 Å². The molecule has 0 rings (SSSR count). The van der Waals surface area contributed by atoms with Crippen LogP contribution in [0.5, 0.6) is 0 Å². The van der Waals surface area contributed by atoms with E-state index in [4.69, 9.17) is 4.74 Å². The SMILES string of the molecule is C=CCCNCC(=O)OCCCC. The van der Waals surface area contributed by atoms with Crippen molar-refractivity contribution in [3.8, 4) is 0 Å². The molecule has 0 heterocycles. The van der Waals surface area contributed by atoms with Gasteiger partial charge in [-0.2, -0.15) is 0 Å². The fourth-order valence-corrected chi connectivity index (χ4v) is 0.776. The van der Waals surface area contributed by atoms with Gasteiger partial charge in [-0.3, -0.25) is 4.79 Å². The Labute approximate surface area is 80.2 Å². The monoisotopic (exact) mass is 185 g/mol. The summed E-state index contributed by atoms with van der Waals surface area (Å²) in [5.74, 6) is -0.169. The van der Waals surface area contributed by atoms with E-state index < -0.39 is 0 Å². The Bertz CT molecular complexity index is 146. The summed E-state index contributed by atoms with van der Waals surface area (Å²) in [6.07, 6.45) is 4.69. The van der Waals surface area contributed by atoms with Gasteiger partial charge in [-0.15, -0.1) is 6.58 Å². The number of esters is 1. The summed E-state index contributed by atoms with van der Waals surface area (Å²) in [6.45, 7) is 7.27. The van der Waals surface area contributed by atoms with Crippen molar-refractivity contribution in [3.63, 3.8) is 0 Å². The first-order chi connectivity index (χ1) is 6.31. The summed E-state index contributed by atoms with van der Waals surface area (Å²) in [5.41, 5.74) is 0. The number of ether oxygens (including phenoxy) is 1. The highest BCUT2D eigenvalue weighted by Crippen LogP contribution is 1.87. The first-order valence-corrected chi connectivity index (χ1v) is 4.78. The van der Waals surface area contributed by atoms with Gasteiger partial charge >= 0.3 is 5.97 Å². The molecule has 1 N–H and O–H groups in total. The van der Waals surface area contributed by atoms with Crippen LogP contribution < -0.4 is 5.32 Å². The Hall–Kier alpha value is -0.830. The summed E-state index contributed by atoms with van der Waals surface area (Å²) in [6, 6.07) is 0. The molecule has 0 saturated heterocycles. The van der Waals surface area contributed by atoms with Crippen LogP contribution in [-0.2, 0) is 9.53 Å². The molecule has 3 nitrogen and oxygen atoms in total. The molecule has 0 aromatic rings. The molecular weight excluding hydrogens is 166 g/mol. The molecule has 0 fully saturated rings. The zero-order valence-electron chi connectivity index (χ0n) is 8.34. The number of carbonyl (C=O) groups excluding carboxylic acids is 1. The molecule has 3 heteroatoms. The van der Waals surface area contributed by atoms with Gasteiger partial charge in [-0.1, -0.05) is 19.4 Å². The molecule has 0 spiro atoms. The number of unbranched alkanes of at least 4 members (excludes halogenated alkanes) is 1. The van der Waals surface area contributed by atoms with E-state index in [1.54, 1.807) is 0 Å². The minimum absolute atomic E-state index is 0.169. The predicted octanol–water partition coefficient (Wildman–Crippen LogP) is 1.50. The summed E-state index contributed by atoms with van der Waals surface area (Å²) >= 11 is 0. The van der Waals surface area contributed by atoms with Crippen LogP contribution in [0.25, 0.3) is 0 Å². The summed E-state index contributed by atoms with van der Waals surface area (Å²) in [4.78, 5) is 11.0. The van der Waals surface area contributed by atoms with Gasteiger partial charge in [0.05, 0.1) is 13.2 Å². The molecule has 0 aromatic heterocycles. The minimum Gasteiger partial charge on any atom is -0.465 e. The van der Waals surface area contributed by atoms with Gasteiger partial charge in [0.25, 0.3) is 0 Å². The van der Waals surface area contributed by atoms with E-state index in [0.29, 0.717) is 13.2 Å². The molecule has 0 aliphatic heterocycles. The van der Waals surface area contributed by atoms with Crippen molar-refractivity contribution in [2.75, 3.05) is 19.7 Å². The second-order valence-corrected chi connectivity index (χ2v) is 2.83. The lowest BCUT2D eigenvalue weighted by atomic mass is 10.4. The fraction of sp³-hybridized carbons (Fsp3) is 0.700. The molecule has 0 atom stereocenters. The number of nitrogens with one attached hydrogen (secondary N) is 1. The first-order valence-electron chi connectivity index (χ1n) is 4.78. The van der Waals surface area contributed by atoms with Gasteiger partial charge in [0.15, 0.2) is 0 Å². The normalized spacial score (nSPS) is 9.62. The topological polar surface area (TPSA) is 38.3 Å². The van der Waals surface area contributed by atoms with Crippen molar-refractivity contribution in [1.29, 1.82) is 0 Å². The number of carbonyl (C=O) groups is 1. The van der Waals surface area contributed by atoms with Gasteiger partial charge < -0.3 is 10.1 Å². The van der Waals surface area contributed by atoms with Crippen LogP contribution in [0, 0.1) is 0 Å². The third-order valence-corrected chi connectivity index (χ3v) is 1.56. The van der Waals surface area contributed by atoms with Crippen LogP contribution in [0.4, 0.5) is 0 Å². The van der Waals surface area contributed by atoms with Gasteiger partial charge in [0, 0.05) is 0 Å². The van der Waals surface area contributed by atoms with Gasteiger partial charge in [-0.05, 0) is 19.4 Å². The molecule has 76 valence electrons. The maximum Gasteiger partial charge on any atom is 0.319 e. The van der Waals surface area contributed by atoms with Crippen LogP contribution in [0.1, 0.15) is 26.2 Å². The Kier molecular flexibility index (Phi) is 8.67. The maximum atomic E-state index is 11.0. The zero-order chi connectivity index (χ0) is 9.94. The third kappa shape index (κ3) is 9.08. The summed E-state index contributed by atoms with van der Waals surface area (Å²) in [5, 5.41) is 2.97. The highest BCUT2D eigenvalue weighted by molar-refractivity contribution is 5.71. The van der Waals surface area contributed by atoms with E-state index in [1.807, 2.05) is 6.08 Å². The number of hydrogen-bond acceptors (Lipinski definition) is 3. The van der Waals surface area contributed by atoms with Crippen molar-refractivity contribution in [1.82, 2.24) is 5.32 Å². The Morgan fingerprint density at radius 3 is 3.00 bits per heavy atom. The lowest BCUT2D eigenvalue weighted by Gasteiger charge is -2.04. The highest BCUT2D eigenvalue weighted by atomic mass is 16.5. The van der Waals surface area contributed by atoms with Gasteiger partial charge in [0.1, 0.15) is 0 Å². The Balaban J connectivity index is 3.15. The van der Waals surface area contributed by atoms with Crippen LogP contribution in [0.3, 0.4) is 0 Å². The van der Waals surface area contributed by atoms with E-state index in [2.05, 4.69) is 18.8 Å². The minimum atomic E-state index is -0.169. The van der Waals surface area contributed by atoms with E-state index >= 15 is 0 Å². The molecular formula is C10H19NO2. The molecule has 0 amide bonds. The van der Waals surface area contributed by atoms with Crippen molar-refractivity contribution >= 4 is 5.97 Å². The predicted molar refractivity (Wildman–Crippen MR) is 53.6 cm³/mol. The molecule has 13 heavy (non-hydrogen) atoms. The largest absolute Gasteiger partial charge is 0.465 e. The molecule has 0 bridgehead atoms. The Morgan fingerprint density at radius 1 is 1.62 bits per heavy atom. The standard InChI is InChI=1S/C10H19NO2/c1-3-5-7-11-9-10(12)13-8-6-4-2/h3,11H,1,4-9H2,2H3. The van der Waals surface area contributed by atoms with E-state index in [0.717, 1.165) is 25.8 Å². The Morgan fingerprint density at radius 2 is 2.38 bits per heavy atom. The van der Waals surface area contributed by atoms with Crippen molar-refractivity contribution in [3.05, 3.63) is 12.7 Å². The smallest absolute Gasteiger partial charge is 0.319 e. The summed E-state index contributed by atoms with van der Waals surface area (Å²) < 4.78 is 4.94. The van der Waals surface area contributed by atoms with Gasteiger partial charge in [-0.25, -0.2) is 0 Å². The molecule has 0 saturated carbocycles. The zero-order valence-corrected chi connectivity index (χ0v) is 8.34. The lowest BCUT2D eigenvalue weighted by Crippen LogP contribution is -2.25. The van der Waals surface area contributed by atoms with Crippen LogP contribution in [0.15, 0.2) is 12.7 Å². The maximum absolute atomic E-state index is 11.0. The van der Waals surface area contributed by atoms with Crippen molar-refractivity contribution in [2.45, 2.75) is 26.2 Å². The first kappa shape index (κ1) is 12.2. The third-order valence-electron chi connectivity index (χ3n) is 1.56. The molecule has 0 unspecified atom stereocenters. The van der Waals surface area contributed by atoms with Crippen molar-refractivity contribution < 1.29 is 9.53 Å². The van der Waals surface area contributed by atoms with E-state index in [-0.39, 0.29) is 5.97 Å². The number of hydrogen-bond donors (Lipinski definition) is 1. The van der Waals surface area contributed by atoms with E-state index in [1.165, 1.54) is 0 Å². The molecule has 0 aliphatic rings. The molecule has 0 radical (unpaired) electrons. The van der Waals surface area contributed by atoms with Crippen LogP contribution in [-0.4, -0.2) is 25.7 Å². The second-order valence-electron chi connectivity index (χ2n) is 2.83. The average Bonchev–Trinajstić information content (AvgIpc) is 2.13. The molecule has 0 aromatic carbocycles. The fourth-order valence-electron chi connectivity index (χ4n) is 0.776. The molecule has 0 aliphatic carbocycles. The average molecular weight is 185 g/mol. The van der Waals surface area contributed by atoms with Crippen LogP contribution in [0.2, 0.25) is 0 Å². The van der Waals surface area contributed by atoms with Gasteiger partial charge in [0.2, 0.25) is 0 Å².